The average molecular weight is 298 g/mol. The summed E-state index contributed by atoms with van der Waals surface area (Å²) in [6, 6.07) is 5.10. The maximum Gasteiger partial charge on any atom is 0.177 e. The summed E-state index contributed by atoms with van der Waals surface area (Å²) in [6.45, 7) is 0. The summed E-state index contributed by atoms with van der Waals surface area (Å²) in [5.41, 5.74) is 3.24. The number of nitrogens with one attached hydrogen (secondary N) is 1. The maximum atomic E-state index is 12.7. The van der Waals surface area contributed by atoms with Crippen LogP contribution in [-0.4, -0.2) is 16.8 Å². The Labute approximate surface area is 115 Å². The molecule has 0 radical (unpaired) electrons. The van der Waals surface area contributed by atoms with Crippen molar-refractivity contribution >= 4 is 45.8 Å². The molecule has 8 heteroatoms. The highest BCUT2D eigenvalue weighted by atomic mass is 32.2. The first-order valence-corrected chi connectivity index (χ1v) is 7.54. The van der Waals surface area contributed by atoms with Crippen LogP contribution in [0.15, 0.2) is 22.3 Å². The normalized spacial score (nSPS) is 10.7. The Balaban J connectivity index is 2.09. The zero-order valence-corrected chi connectivity index (χ0v) is 11.6. The molecule has 18 heavy (non-hydrogen) atoms. The Hall–Kier alpha value is -1.43. The monoisotopic (exact) mass is 298 g/mol. The topological polar surface area (TPSA) is 61.1 Å². The Morgan fingerprint density at radius 3 is 3.06 bits per heavy atom. The first kappa shape index (κ1) is 13.0. The SMILES string of the molecule is CSc1nsc(NN=Cc2ccc(F)s2)c1C#N. The molecule has 2 aromatic rings. The molecule has 0 saturated carbocycles. The van der Waals surface area contributed by atoms with Gasteiger partial charge in [0, 0.05) is 0 Å². The summed E-state index contributed by atoms with van der Waals surface area (Å²) >= 11 is 3.59. The lowest BCUT2D eigenvalue weighted by atomic mass is 10.4. The molecule has 0 bridgehead atoms. The zero-order chi connectivity index (χ0) is 13.0. The number of halogens is 1. The van der Waals surface area contributed by atoms with Crippen LogP contribution in [-0.2, 0) is 0 Å². The van der Waals surface area contributed by atoms with Gasteiger partial charge in [0.05, 0.1) is 11.1 Å². The number of thioether (sulfide) groups is 1. The molecule has 0 saturated heterocycles. The van der Waals surface area contributed by atoms with Crippen molar-refractivity contribution in [2.45, 2.75) is 5.03 Å². The van der Waals surface area contributed by atoms with Crippen molar-refractivity contribution in [1.82, 2.24) is 4.37 Å². The molecule has 0 aromatic carbocycles. The molecule has 92 valence electrons. The smallest absolute Gasteiger partial charge is 0.177 e. The third kappa shape index (κ3) is 2.87. The second-order valence-corrected chi connectivity index (χ2v) is 5.65. The Bertz CT molecular complexity index is 611. The summed E-state index contributed by atoms with van der Waals surface area (Å²) in [4.78, 5) is 0.702. The van der Waals surface area contributed by atoms with Gasteiger partial charge in [-0.2, -0.15) is 19.1 Å². The number of nitriles is 1. The molecule has 2 heterocycles. The standard InChI is InChI=1S/C10H7FN4S3/c1-16-10-7(4-12)9(18-15-10)14-13-5-6-2-3-8(11)17-6/h2-3,5,14H,1H3. The maximum absolute atomic E-state index is 12.7. The number of anilines is 1. The highest BCUT2D eigenvalue weighted by molar-refractivity contribution is 7.98. The van der Waals surface area contributed by atoms with Crippen LogP contribution in [0.25, 0.3) is 0 Å². The zero-order valence-electron chi connectivity index (χ0n) is 9.18. The number of hydrazone groups is 1. The van der Waals surface area contributed by atoms with Gasteiger partial charge in [0.1, 0.15) is 21.7 Å². The molecular formula is C10H7FN4S3. The first-order chi connectivity index (χ1) is 8.74. The number of rotatable bonds is 4. The molecule has 0 atom stereocenters. The quantitative estimate of drug-likeness (QED) is 0.534. The van der Waals surface area contributed by atoms with Crippen molar-refractivity contribution in [3.8, 4) is 6.07 Å². The van der Waals surface area contributed by atoms with Gasteiger partial charge in [-0.3, -0.25) is 5.43 Å². The summed E-state index contributed by atoms with van der Waals surface area (Å²) < 4.78 is 16.9. The molecule has 0 aliphatic heterocycles. The number of nitrogens with zero attached hydrogens (tertiary/aromatic N) is 3. The van der Waals surface area contributed by atoms with Gasteiger partial charge in [-0.25, -0.2) is 0 Å². The van der Waals surface area contributed by atoms with Crippen LogP contribution in [0.2, 0.25) is 0 Å². The van der Waals surface area contributed by atoms with E-state index in [0.29, 0.717) is 20.5 Å². The van der Waals surface area contributed by atoms with Gasteiger partial charge < -0.3 is 0 Å². The summed E-state index contributed by atoms with van der Waals surface area (Å²) in [6.07, 6.45) is 3.37. The van der Waals surface area contributed by atoms with Crippen LogP contribution in [0.3, 0.4) is 0 Å². The van der Waals surface area contributed by atoms with E-state index in [-0.39, 0.29) is 5.13 Å². The average Bonchev–Trinajstić information content (AvgIpc) is 2.95. The fourth-order valence-electron chi connectivity index (χ4n) is 1.14. The number of hydrogen-bond donors (Lipinski definition) is 1. The Morgan fingerprint density at radius 1 is 1.61 bits per heavy atom. The van der Waals surface area contributed by atoms with Gasteiger partial charge in [-0.05, 0) is 29.9 Å². The van der Waals surface area contributed by atoms with E-state index >= 15 is 0 Å². The van der Waals surface area contributed by atoms with E-state index in [2.05, 4.69) is 21.0 Å². The van der Waals surface area contributed by atoms with Crippen molar-refractivity contribution < 1.29 is 4.39 Å². The fourth-order valence-corrected chi connectivity index (χ4v) is 3.16. The van der Waals surface area contributed by atoms with Crippen LogP contribution >= 0.6 is 34.6 Å². The molecule has 0 aliphatic carbocycles. The third-order valence-electron chi connectivity index (χ3n) is 1.92. The van der Waals surface area contributed by atoms with Crippen molar-refractivity contribution in [2.75, 3.05) is 11.7 Å². The number of hydrogen-bond acceptors (Lipinski definition) is 7. The van der Waals surface area contributed by atoms with E-state index in [4.69, 9.17) is 5.26 Å². The van der Waals surface area contributed by atoms with Gasteiger partial charge in [0.2, 0.25) is 0 Å². The van der Waals surface area contributed by atoms with Gasteiger partial charge in [-0.15, -0.1) is 23.1 Å². The lowest BCUT2D eigenvalue weighted by molar-refractivity contribution is 0.657. The molecule has 1 N–H and O–H groups in total. The van der Waals surface area contributed by atoms with Crippen molar-refractivity contribution in [3.05, 3.63) is 27.7 Å². The van der Waals surface area contributed by atoms with E-state index in [1.165, 1.54) is 35.6 Å². The minimum atomic E-state index is -0.253. The minimum absolute atomic E-state index is 0.253. The van der Waals surface area contributed by atoms with Crippen LogP contribution in [0.4, 0.5) is 9.39 Å². The van der Waals surface area contributed by atoms with Crippen LogP contribution in [0.1, 0.15) is 10.4 Å². The second-order valence-electron chi connectivity index (χ2n) is 3.02. The molecule has 0 spiro atoms. The summed E-state index contributed by atoms with van der Waals surface area (Å²) in [7, 11) is 0. The highest BCUT2D eigenvalue weighted by Crippen LogP contribution is 2.29. The van der Waals surface area contributed by atoms with Gasteiger partial charge in [0.15, 0.2) is 5.13 Å². The Kier molecular flexibility index (Phi) is 4.30. The molecule has 0 unspecified atom stereocenters. The van der Waals surface area contributed by atoms with E-state index in [0.717, 1.165) is 11.3 Å². The van der Waals surface area contributed by atoms with Crippen LogP contribution in [0.5, 0.6) is 0 Å². The lowest BCUT2D eigenvalue weighted by Crippen LogP contribution is -1.89. The predicted molar refractivity (Wildman–Crippen MR) is 74.1 cm³/mol. The second kappa shape index (κ2) is 5.95. The molecule has 4 nitrogen and oxygen atoms in total. The predicted octanol–water partition coefficient (Wildman–Crippen LogP) is 3.38. The van der Waals surface area contributed by atoms with Gasteiger partial charge in [-0.1, -0.05) is 0 Å². The Morgan fingerprint density at radius 2 is 2.44 bits per heavy atom. The first-order valence-electron chi connectivity index (χ1n) is 4.72. The molecular weight excluding hydrogens is 291 g/mol. The highest BCUT2D eigenvalue weighted by Gasteiger charge is 2.11. The largest absolute Gasteiger partial charge is 0.266 e. The number of aromatic nitrogens is 1. The molecule has 0 fully saturated rings. The van der Waals surface area contributed by atoms with Crippen molar-refractivity contribution in [2.24, 2.45) is 5.10 Å². The van der Waals surface area contributed by atoms with E-state index in [1.807, 2.05) is 6.26 Å². The van der Waals surface area contributed by atoms with Crippen molar-refractivity contribution in [1.29, 1.82) is 5.26 Å². The lowest BCUT2D eigenvalue weighted by Gasteiger charge is -1.94. The van der Waals surface area contributed by atoms with Crippen LogP contribution < -0.4 is 5.43 Å². The van der Waals surface area contributed by atoms with Crippen molar-refractivity contribution in [3.63, 3.8) is 0 Å². The number of thiophene rings is 1. The van der Waals surface area contributed by atoms with Gasteiger partial charge >= 0.3 is 0 Å². The van der Waals surface area contributed by atoms with E-state index < -0.39 is 0 Å². The fraction of sp³-hybridized carbons (Fsp3) is 0.100. The summed E-state index contributed by atoms with van der Waals surface area (Å²) in [5, 5.41) is 14.0. The molecule has 0 amide bonds. The summed E-state index contributed by atoms with van der Waals surface area (Å²) in [5.74, 6) is 0. The van der Waals surface area contributed by atoms with E-state index in [1.54, 1.807) is 6.07 Å². The molecule has 0 aliphatic rings. The molecule has 2 aromatic heterocycles. The van der Waals surface area contributed by atoms with Gasteiger partial charge in [0.25, 0.3) is 0 Å². The minimum Gasteiger partial charge on any atom is -0.266 e. The third-order valence-corrected chi connectivity index (χ3v) is 4.28. The van der Waals surface area contributed by atoms with E-state index in [9.17, 15) is 4.39 Å². The van der Waals surface area contributed by atoms with Crippen LogP contribution in [0, 0.1) is 16.5 Å². The molecule has 2 rings (SSSR count).